The van der Waals surface area contributed by atoms with E-state index in [9.17, 15) is 9.59 Å². The molecule has 0 bridgehead atoms. The molecule has 0 unspecified atom stereocenters. The molecular weight excluding hydrogens is 1710 g/mol. The number of rotatable bonds is 0. The first-order valence-corrected chi connectivity index (χ1v) is 50.8. The molecule has 14 nitrogen and oxygen atoms in total. The van der Waals surface area contributed by atoms with E-state index in [1.165, 1.54) is 48.4 Å². The summed E-state index contributed by atoms with van der Waals surface area (Å²) in [6.45, 7) is 137. The number of pyridine rings is 3. The topological polar surface area (TPSA) is 165 Å². The van der Waals surface area contributed by atoms with Gasteiger partial charge in [0.15, 0.2) is 0 Å². The summed E-state index contributed by atoms with van der Waals surface area (Å²) in [6, 6.07) is 24.2. The van der Waals surface area contributed by atoms with Crippen LogP contribution in [0.25, 0.3) is 0 Å². The first kappa shape index (κ1) is 148. The molecule has 0 spiro atoms. The van der Waals surface area contributed by atoms with Crippen LogP contribution in [0.4, 0.5) is 0 Å². The number of aryl methyl sites for hydroxylation is 3. The van der Waals surface area contributed by atoms with Crippen LogP contribution in [-0.2, 0) is 69.9 Å². The fourth-order valence-corrected chi connectivity index (χ4v) is 8.06. The van der Waals surface area contributed by atoms with Gasteiger partial charge in [0.1, 0.15) is 6.33 Å². The maximum absolute atomic E-state index is 11.1. The first-order chi connectivity index (χ1) is 60.4. The Kier molecular flexibility index (Phi) is 70.3. The SMILES string of the molecule is CC(C)(C)C.CC(C)(C)C.CC(C)(C)C.CC(C)(C)C.CC(C)(C)C.CC(C)(C)C.CC(C)(C)C.CC(C)(C)C.CC(C)(C)C.CC(C)(C)c1ccccc1.CC(C)(C)c1cccnc1.CC(C)(C)c1ccncc1.CC(C)(C)c1ccnnc1.CC(C)(C)c1cncnc1.CC(C)(C)c1cncs1.Cn1cc(C(C)(C)C)ccc1=O.Cn1cc(C(C)(C)C)cn1.Cn1cc(C(C)(C)C)cnc1=O. The van der Waals surface area contributed by atoms with Crippen molar-refractivity contribution in [2.24, 2.45) is 69.9 Å². The number of benzene rings is 1. The molecule has 0 aliphatic carbocycles. The minimum Gasteiger partial charge on any atom is -0.318 e. The van der Waals surface area contributed by atoms with E-state index in [4.69, 9.17) is 0 Å². The fourth-order valence-electron chi connectivity index (χ4n) is 7.35. The van der Waals surface area contributed by atoms with Crippen molar-refractivity contribution in [3.05, 3.63) is 242 Å². The summed E-state index contributed by atoms with van der Waals surface area (Å²) in [5, 5.41) is 11.6. The molecule has 0 aliphatic rings. The average molecular weight is 1940 g/mol. The molecule has 0 fully saturated rings. The molecule has 8 heterocycles. The molecule has 9 rings (SSSR count). The molecule has 0 atom stereocenters. The summed E-state index contributed by atoms with van der Waals surface area (Å²) in [7, 11) is 5.43. The van der Waals surface area contributed by atoms with Crippen molar-refractivity contribution in [2.45, 2.75) is 485 Å². The van der Waals surface area contributed by atoms with E-state index in [0.29, 0.717) is 54.1 Å². The van der Waals surface area contributed by atoms with Crippen LogP contribution in [0, 0.1) is 48.7 Å². The lowest BCUT2D eigenvalue weighted by molar-refractivity contribution is 0.469. The van der Waals surface area contributed by atoms with Gasteiger partial charge in [0.25, 0.3) is 0 Å². The Morgan fingerprint density at radius 3 is 0.732 bits per heavy atom. The summed E-state index contributed by atoms with van der Waals surface area (Å²) in [6.07, 6.45) is 27.4. The molecule has 0 saturated carbocycles. The van der Waals surface area contributed by atoms with Gasteiger partial charge in [-0.3, -0.25) is 24.4 Å². The quantitative estimate of drug-likeness (QED) is 0.142. The van der Waals surface area contributed by atoms with Gasteiger partial charge in [-0.15, -0.1) is 11.3 Å². The lowest BCUT2D eigenvalue weighted by atomic mass is 9.87. The van der Waals surface area contributed by atoms with Gasteiger partial charge in [-0.25, -0.2) is 19.7 Å². The second-order valence-electron chi connectivity index (χ2n) is 59.2. The highest BCUT2D eigenvalue weighted by atomic mass is 32.1. The fraction of sp³-hybridized carbons (Fsp3) is 0.683. The molecule has 15 heteroatoms. The first-order valence-electron chi connectivity index (χ1n) is 49.9. The summed E-state index contributed by atoms with van der Waals surface area (Å²) >= 11 is 1.72. The number of hydrogen-bond acceptors (Lipinski definition) is 12. The Labute approximate surface area is 861 Å². The molecule has 1 aromatic carbocycles. The van der Waals surface area contributed by atoms with E-state index in [0.717, 1.165) is 5.56 Å². The third kappa shape index (κ3) is 126. The van der Waals surface area contributed by atoms with Gasteiger partial charge in [0, 0.05) is 106 Å². The third-order valence-electron chi connectivity index (χ3n) is 14.1. The second-order valence-corrected chi connectivity index (χ2v) is 60.1. The third-order valence-corrected chi connectivity index (χ3v) is 15.3. The van der Waals surface area contributed by atoms with Crippen molar-refractivity contribution in [3.63, 3.8) is 0 Å². The van der Waals surface area contributed by atoms with Crippen LogP contribution in [0.2, 0.25) is 0 Å². The number of nitrogens with zero attached hydrogens (tertiary/aromatic N) is 12. The zero-order valence-electron chi connectivity index (χ0n) is 103. The molecule has 0 N–H and O–H groups in total. The summed E-state index contributed by atoms with van der Waals surface area (Å²) in [5.74, 6) is 0. The predicted molar refractivity (Wildman–Crippen MR) is 620 cm³/mol. The van der Waals surface area contributed by atoms with Gasteiger partial charge >= 0.3 is 5.69 Å². The molecular formula is C123H226N12O2S. The largest absolute Gasteiger partial charge is 0.347 e. The van der Waals surface area contributed by atoms with Crippen LogP contribution in [0.5, 0.6) is 0 Å². The Morgan fingerprint density at radius 1 is 0.225 bits per heavy atom. The molecule has 0 saturated heterocycles. The molecule has 138 heavy (non-hydrogen) atoms. The highest BCUT2D eigenvalue weighted by Crippen LogP contribution is 2.28. The Bertz CT molecular complexity index is 3930. The van der Waals surface area contributed by atoms with E-state index in [1.807, 2.05) is 91.2 Å². The van der Waals surface area contributed by atoms with Crippen LogP contribution >= 0.6 is 11.3 Å². The van der Waals surface area contributed by atoms with E-state index in [1.54, 1.807) is 67.2 Å². The average Bonchev–Trinajstić information content (AvgIpc) is 1.05. The Hall–Kier alpha value is -7.65. The van der Waals surface area contributed by atoms with E-state index in [2.05, 4.69) is 536 Å². The van der Waals surface area contributed by atoms with Gasteiger partial charge in [0.05, 0.1) is 17.9 Å². The summed E-state index contributed by atoms with van der Waals surface area (Å²) in [5.41, 5.74) is 18.0. The summed E-state index contributed by atoms with van der Waals surface area (Å²) < 4.78 is 4.95. The van der Waals surface area contributed by atoms with Gasteiger partial charge in [-0.1, -0.05) is 479 Å². The lowest BCUT2D eigenvalue weighted by Crippen LogP contribution is -2.23. The number of thiazole rings is 1. The predicted octanol–water partition coefficient (Wildman–Crippen LogP) is 36.7. The van der Waals surface area contributed by atoms with Crippen LogP contribution in [0.3, 0.4) is 0 Å². The van der Waals surface area contributed by atoms with Gasteiger partial charge in [-0.05, 0) is 166 Å². The van der Waals surface area contributed by atoms with Gasteiger partial charge < -0.3 is 9.13 Å². The monoisotopic (exact) mass is 1940 g/mol. The van der Waals surface area contributed by atoms with Crippen molar-refractivity contribution < 1.29 is 0 Å². The lowest BCUT2D eigenvalue weighted by Gasteiger charge is -2.19. The van der Waals surface area contributed by atoms with E-state index in [-0.39, 0.29) is 54.6 Å². The van der Waals surface area contributed by atoms with Gasteiger partial charge in [0.2, 0.25) is 5.56 Å². The van der Waals surface area contributed by atoms with Crippen LogP contribution in [-0.4, -0.2) is 59.0 Å². The summed E-state index contributed by atoms with van der Waals surface area (Å²) in [4.78, 5) is 47.0. The molecule has 0 amide bonds. The van der Waals surface area contributed by atoms with E-state index >= 15 is 0 Å². The highest BCUT2D eigenvalue weighted by molar-refractivity contribution is 7.09. The van der Waals surface area contributed by atoms with Crippen LogP contribution in [0.1, 0.15) is 486 Å². The van der Waals surface area contributed by atoms with Crippen LogP contribution < -0.4 is 11.2 Å². The molecule has 0 aliphatic heterocycles. The Balaban J connectivity index is -0.000000184. The standard InChI is InChI=1S/C10H15NO.C10H14.C9H14N2O.2C9H13N.C8H14N2.2C8H12N2.C7H11NS.9C5H12/c1-10(2,3)8-5-6-9(12)11(4)7-8;1-10(2,3)9-7-5-4-6-8-9;1-9(2,3)7-5-10-8(12)11(4)6-7;1-9(2,3)8-4-6-10-7-5-8;1-9(2,3)8-5-4-6-10-7-8;1-8(2,3)7-5-9-10(4)6-7;1-8(2,3)7-4-9-6-10-5-7;1-8(2,3)7-4-5-9-10-6-7;1-7(2,3)6-4-8-5-9-6;9*1-5(2,3)4/h5-7H,1-4H3;4-8H,1-3H3;5-6H,1-4H3;2*4-7H,1-3H3;5-6H,1-4H3;2*4-6H,1-3H3;4-5H,1-3H3;9*1-4H3. The van der Waals surface area contributed by atoms with E-state index < -0.39 is 0 Å². The Morgan fingerprint density at radius 2 is 0.522 bits per heavy atom. The van der Waals surface area contributed by atoms with Crippen molar-refractivity contribution in [3.8, 4) is 0 Å². The molecule has 9 aromatic rings. The molecule has 8 aromatic heterocycles. The maximum Gasteiger partial charge on any atom is 0.347 e. The second kappa shape index (κ2) is 65.5. The minimum absolute atomic E-state index is 0.0444. The van der Waals surface area contributed by atoms with Crippen molar-refractivity contribution in [2.75, 3.05) is 0 Å². The molecule has 796 valence electrons. The van der Waals surface area contributed by atoms with Crippen molar-refractivity contribution in [1.29, 1.82) is 0 Å². The maximum atomic E-state index is 11.1. The highest BCUT2D eigenvalue weighted by Gasteiger charge is 2.20. The molecule has 0 radical (unpaired) electrons. The van der Waals surface area contributed by atoms with Crippen molar-refractivity contribution in [1.82, 2.24) is 59.0 Å². The minimum atomic E-state index is -0.206. The smallest absolute Gasteiger partial charge is 0.318 e. The van der Waals surface area contributed by atoms with Crippen LogP contribution in [0.15, 0.2) is 181 Å². The van der Waals surface area contributed by atoms with Crippen molar-refractivity contribution >= 4 is 11.3 Å². The number of hydrogen-bond donors (Lipinski definition) is 0. The van der Waals surface area contributed by atoms with Gasteiger partial charge in [-0.2, -0.15) is 15.3 Å². The number of aromatic nitrogens is 12. The zero-order valence-corrected chi connectivity index (χ0v) is 104. The zero-order chi connectivity index (χ0) is 112. The normalized spacial score (nSPS) is 11.8.